The zero-order chi connectivity index (χ0) is 11.1. The quantitative estimate of drug-likeness (QED) is 0.771. The van der Waals surface area contributed by atoms with Crippen LogP contribution in [0.1, 0.15) is 32.6 Å². The highest BCUT2D eigenvalue weighted by Gasteiger charge is 2.40. The van der Waals surface area contributed by atoms with Gasteiger partial charge in [0.2, 0.25) is 0 Å². The molecule has 3 heteroatoms. The van der Waals surface area contributed by atoms with Crippen molar-refractivity contribution >= 4 is 0 Å². The molecule has 92 valence electrons. The monoisotopic (exact) mass is 223 g/mol. The Bertz CT molecular complexity index is 252. The lowest BCUT2D eigenvalue weighted by molar-refractivity contribution is 0.182. The summed E-state index contributed by atoms with van der Waals surface area (Å²) in [6.45, 7) is 7.17. The molecule has 2 N–H and O–H groups in total. The molecule has 0 bridgehead atoms. The lowest BCUT2D eigenvalue weighted by atomic mass is 10.1. The van der Waals surface area contributed by atoms with E-state index in [1.165, 1.54) is 45.3 Å². The highest BCUT2D eigenvalue weighted by Crippen LogP contribution is 2.33. The van der Waals surface area contributed by atoms with Crippen LogP contribution in [0.15, 0.2) is 0 Å². The number of likely N-dealkylation sites (tertiary alicyclic amines) is 2. The molecule has 3 rings (SSSR count). The van der Waals surface area contributed by atoms with E-state index in [4.69, 9.17) is 5.73 Å². The minimum atomic E-state index is 0.755. The van der Waals surface area contributed by atoms with Crippen LogP contribution in [0.4, 0.5) is 0 Å². The third-order valence-electron chi connectivity index (χ3n) is 4.77. The van der Waals surface area contributed by atoms with Gasteiger partial charge in [-0.15, -0.1) is 0 Å². The second-order valence-corrected chi connectivity index (χ2v) is 6.05. The zero-order valence-electron chi connectivity index (χ0n) is 10.4. The van der Waals surface area contributed by atoms with Gasteiger partial charge in [-0.05, 0) is 45.1 Å². The largest absolute Gasteiger partial charge is 0.330 e. The van der Waals surface area contributed by atoms with Crippen molar-refractivity contribution in [2.24, 2.45) is 11.7 Å². The molecule has 0 amide bonds. The van der Waals surface area contributed by atoms with Crippen molar-refractivity contribution in [3.05, 3.63) is 0 Å². The number of nitrogens with zero attached hydrogens (tertiary/aromatic N) is 2. The van der Waals surface area contributed by atoms with E-state index in [2.05, 4.69) is 16.7 Å². The molecule has 3 unspecified atom stereocenters. The second-order valence-electron chi connectivity index (χ2n) is 6.05. The molecular weight excluding hydrogens is 198 g/mol. The third kappa shape index (κ3) is 2.01. The van der Waals surface area contributed by atoms with E-state index >= 15 is 0 Å². The molecule has 1 aliphatic carbocycles. The Morgan fingerprint density at radius 3 is 2.56 bits per heavy atom. The van der Waals surface area contributed by atoms with Gasteiger partial charge in [-0.3, -0.25) is 9.80 Å². The van der Waals surface area contributed by atoms with Gasteiger partial charge in [-0.2, -0.15) is 0 Å². The topological polar surface area (TPSA) is 32.5 Å². The van der Waals surface area contributed by atoms with Gasteiger partial charge < -0.3 is 5.73 Å². The van der Waals surface area contributed by atoms with Crippen molar-refractivity contribution < 1.29 is 0 Å². The third-order valence-corrected chi connectivity index (χ3v) is 4.77. The number of rotatable bonds is 3. The van der Waals surface area contributed by atoms with Crippen LogP contribution in [0, 0.1) is 5.92 Å². The van der Waals surface area contributed by atoms with Crippen LogP contribution < -0.4 is 5.73 Å². The molecule has 3 fully saturated rings. The van der Waals surface area contributed by atoms with E-state index < -0.39 is 0 Å². The summed E-state index contributed by atoms with van der Waals surface area (Å²) in [5.41, 5.74) is 5.81. The number of nitrogens with two attached hydrogens (primary N) is 1. The molecule has 0 radical (unpaired) electrons. The fourth-order valence-electron chi connectivity index (χ4n) is 3.66. The maximum absolute atomic E-state index is 5.81. The van der Waals surface area contributed by atoms with Gasteiger partial charge in [0.25, 0.3) is 0 Å². The molecule has 0 spiro atoms. The fourth-order valence-corrected chi connectivity index (χ4v) is 3.66. The van der Waals surface area contributed by atoms with E-state index in [9.17, 15) is 0 Å². The van der Waals surface area contributed by atoms with Gasteiger partial charge in [0.1, 0.15) is 0 Å². The summed E-state index contributed by atoms with van der Waals surface area (Å²) >= 11 is 0. The highest BCUT2D eigenvalue weighted by molar-refractivity contribution is 4.96. The first-order valence-corrected chi connectivity index (χ1v) is 6.97. The van der Waals surface area contributed by atoms with Crippen LogP contribution in [0.5, 0.6) is 0 Å². The van der Waals surface area contributed by atoms with Crippen molar-refractivity contribution in [3.63, 3.8) is 0 Å². The summed E-state index contributed by atoms with van der Waals surface area (Å²) in [4.78, 5) is 5.45. The summed E-state index contributed by atoms with van der Waals surface area (Å²) in [6.07, 6.45) is 5.61. The van der Waals surface area contributed by atoms with E-state index in [1.54, 1.807) is 0 Å². The Hall–Kier alpha value is -0.120. The maximum Gasteiger partial charge on any atom is 0.0238 e. The first kappa shape index (κ1) is 11.0. The van der Waals surface area contributed by atoms with Crippen LogP contribution in [0.2, 0.25) is 0 Å². The standard InChI is InChI=1S/C13H25N3/c1-10-6-11(7-14)8-16(10)13-4-5-15(9-13)12-2-3-12/h10-13H,2-9,14H2,1H3. The minimum Gasteiger partial charge on any atom is -0.330 e. The molecule has 3 atom stereocenters. The smallest absolute Gasteiger partial charge is 0.0238 e. The normalized spacial score (nSPS) is 42.0. The van der Waals surface area contributed by atoms with Crippen molar-refractivity contribution in [2.45, 2.75) is 50.7 Å². The summed E-state index contributed by atoms with van der Waals surface area (Å²) in [5.74, 6) is 0.755. The molecule has 3 aliphatic rings. The maximum atomic E-state index is 5.81. The Kier molecular flexibility index (Phi) is 2.94. The Morgan fingerprint density at radius 2 is 1.94 bits per heavy atom. The zero-order valence-corrected chi connectivity index (χ0v) is 10.4. The predicted octanol–water partition coefficient (Wildman–Crippen LogP) is 0.892. The average Bonchev–Trinajstić information content (AvgIpc) is 2.89. The Balaban J connectivity index is 1.57. The van der Waals surface area contributed by atoms with Gasteiger partial charge in [-0.25, -0.2) is 0 Å². The molecular formula is C13H25N3. The SMILES string of the molecule is CC1CC(CN)CN1C1CCN(C2CC2)C1. The fraction of sp³-hybridized carbons (Fsp3) is 1.00. The molecule has 16 heavy (non-hydrogen) atoms. The lowest BCUT2D eigenvalue weighted by Crippen LogP contribution is -2.40. The van der Waals surface area contributed by atoms with Crippen LogP contribution in [0.25, 0.3) is 0 Å². The molecule has 1 saturated carbocycles. The van der Waals surface area contributed by atoms with Gasteiger partial charge in [0, 0.05) is 37.8 Å². The van der Waals surface area contributed by atoms with Gasteiger partial charge >= 0.3 is 0 Å². The predicted molar refractivity (Wildman–Crippen MR) is 66.3 cm³/mol. The van der Waals surface area contributed by atoms with Gasteiger partial charge in [0.15, 0.2) is 0 Å². The van der Waals surface area contributed by atoms with Crippen LogP contribution in [-0.4, -0.2) is 54.1 Å². The van der Waals surface area contributed by atoms with Crippen molar-refractivity contribution in [2.75, 3.05) is 26.2 Å². The number of hydrogen-bond donors (Lipinski definition) is 1. The summed E-state index contributed by atoms with van der Waals surface area (Å²) in [5, 5.41) is 0. The molecule has 2 heterocycles. The van der Waals surface area contributed by atoms with Crippen LogP contribution in [0.3, 0.4) is 0 Å². The average molecular weight is 223 g/mol. The van der Waals surface area contributed by atoms with E-state index in [0.29, 0.717) is 0 Å². The highest BCUT2D eigenvalue weighted by atomic mass is 15.3. The van der Waals surface area contributed by atoms with Crippen molar-refractivity contribution in [1.82, 2.24) is 9.80 Å². The molecule has 3 nitrogen and oxygen atoms in total. The van der Waals surface area contributed by atoms with Crippen molar-refractivity contribution in [1.29, 1.82) is 0 Å². The first-order valence-electron chi connectivity index (χ1n) is 6.97. The minimum absolute atomic E-state index is 0.755. The van der Waals surface area contributed by atoms with Crippen LogP contribution >= 0.6 is 0 Å². The number of hydrogen-bond acceptors (Lipinski definition) is 3. The molecule has 0 aromatic carbocycles. The Labute approximate surface area is 99.0 Å². The van der Waals surface area contributed by atoms with Gasteiger partial charge in [0.05, 0.1) is 0 Å². The molecule has 2 aliphatic heterocycles. The second kappa shape index (κ2) is 4.28. The summed E-state index contributed by atoms with van der Waals surface area (Å²) in [6, 6.07) is 2.54. The summed E-state index contributed by atoms with van der Waals surface area (Å²) in [7, 11) is 0. The van der Waals surface area contributed by atoms with E-state index in [-0.39, 0.29) is 0 Å². The van der Waals surface area contributed by atoms with Gasteiger partial charge in [-0.1, -0.05) is 0 Å². The summed E-state index contributed by atoms with van der Waals surface area (Å²) < 4.78 is 0. The van der Waals surface area contributed by atoms with Crippen molar-refractivity contribution in [3.8, 4) is 0 Å². The first-order chi connectivity index (χ1) is 7.78. The van der Waals surface area contributed by atoms with Crippen LogP contribution in [-0.2, 0) is 0 Å². The Morgan fingerprint density at radius 1 is 1.12 bits per heavy atom. The molecule has 0 aromatic rings. The lowest BCUT2D eigenvalue weighted by Gasteiger charge is -2.28. The molecule has 0 aromatic heterocycles. The van der Waals surface area contributed by atoms with E-state index in [1.807, 2.05) is 0 Å². The van der Waals surface area contributed by atoms with E-state index in [0.717, 1.165) is 30.6 Å². The molecule has 2 saturated heterocycles.